The van der Waals surface area contributed by atoms with Crippen molar-refractivity contribution in [3.63, 3.8) is 0 Å². The number of alkyl halides is 3. The fourth-order valence-electron chi connectivity index (χ4n) is 1.01. The molecule has 0 amide bonds. The van der Waals surface area contributed by atoms with Crippen molar-refractivity contribution < 1.29 is 17.9 Å². The lowest BCUT2D eigenvalue weighted by Crippen LogP contribution is -2.06. The van der Waals surface area contributed by atoms with Crippen LogP contribution in [0.15, 0.2) is 18.2 Å². The fourth-order valence-corrected chi connectivity index (χ4v) is 1.68. The zero-order chi connectivity index (χ0) is 11.5. The van der Waals surface area contributed by atoms with E-state index in [1.807, 2.05) is 29.5 Å². The maximum Gasteiger partial charge on any atom is 0.416 e. The first-order chi connectivity index (χ1) is 6.95. The third-order valence-corrected chi connectivity index (χ3v) is 2.56. The Bertz CT molecular complexity index is 336. The van der Waals surface area contributed by atoms with Crippen molar-refractivity contribution in [1.82, 2.24) is 0 Å². The van der Waals surface area contributed by atoms with E-state index in [1.54, 1.807) is 0 Å². The molecular weight excluding hydrogens is 320 g/mol. The molecule has 84 valence electrons. The van der Waals surface area contributed by atoms with Gasteiger partial charge in [0, 0.05) is 0 Å². The van der Waals surface area contributed by atoms with Crippen molar-refractivity contribution in [2.45, 2.75) is 19.5 Å². The monoisotopic (exact) mass is 330 g/mol. The number of ether oxygens (including phenoxy) is 1. The number of rotatable bonds is 3. The summed E-state index contributed by atoms with van der Waals surface area (Å²) >= 11 is 1.84. The number of hydrogen-bond donors (Lipinski definition) is 0. The van der Waals surface area contributed by atoms with Gasteiger partial charge >= 0.3 is 6.18 Å². The summed E-state index contributed by atoms with van der Waals surface area (Å²) in [5.41, 5.74) is -0.643. The molecule has 0 heterocycles. The Morgan fingerprint density at radius 3 is 2.47 bits per heavy atom. The molecule has 0 atom stereocenters. The minimum Gasteiger partial charge on any atom is -0.492 e. The molecule has 1 aromatic rings. The summed E-state index contributed by atoms with van der Waals surface area (Å²) in [6.45, 7) is 2.46. The van der Waals surface area contributed by atoms with E-state index >= 15 is 0 Å². The van der Waals surface area contributed by atoms with Gasteiger partial charge in [-0.2, -0.15) is 13.2 Å². The summed E-state index contributed by atoms with van der Waals surface area (Å²) < 4.78 is 42.7. The lowest BCUT2D eigenvalue weighted by atomic mass is 10.2. The molecule has 0 aromatic heterocycles. The summed E-state index contributed by atoms with van der Waals surface area (Å²) in [4.78, 5) is 0. The van der Waals surface area contributed by atoms with Crippen molar-refractivity contribution >= 4 is 22.6 Å². The average molecular weight is 330 g/mol. The maximum atomic E-state index is 12.3. The highest BCUT2D eigenvalue weighted by Gasteiger charge is 2.30. The molecule has 0 saturated carbocycles. The fraction of sp³-hybridized carbons (Fsp3) is 0.400. The first kappa shape index (κ1) is 12.6. The van der Waals surface area contributed by atoms with Crippen LogP contribution in [0.5, 0.6) is 5.75 Å². The van der Waals surface area contributed by atoms with Crippen molar-refractivity contribution in [2.75, 3.05) is 6.61 Å². The molecule has 0 N–H and O–H groups in total. The topological polar surface area (TPSA) is 9.23 Å². The van der Waals surface area contributed by atoms with Crippen LogP contribution in [-0.4, -0.2) is 6.61 Å². The van der Waals surface area contributed by atoms with Crippen LogP contribution in [0.2, 0.25) is 0 Å². The zero-order valence-electron chi connectivity index (χ0n) is 8.07. The average Bonchev–Trinajstić information content (AvgIpc) is 2.14. The van der Waals surface area contributed by atoms with E-state index in [4.69, 9.17) is 4.74 Å². The minimum atomic E-state index is -4.29. The molecule has 1 nitrogen and oxygen atoms in total. The molecule has 0 aliphatic carbocycles. The largest absolute Gasteiger partial charge is 0.492 e. The van der Waals surface area contributed by atoms with Crippen molar-refractivity contribution in [2.24, 2.45) is 0 Å². The summed E-state index contributed by atoms with van der Waals surface area (Å²) in [7, 11) is 0. The van der Waals surface area contributed by atoms with E-state index in [-0.39, 0.29) is 0 Å². The molecule has 1 aromatic carbocycles. The molecule has 0 unspecified atom stereocenters. The van der Waals surface area contributed by atoms with E-state index in [1.165, 1.54) is 6.07 Å². The van der Waals surface area contributed by atoms with Crippen LogP contribution < -0.4 is 4.74 Å². The van der Waals surface area contributed by atoms with Crippen molar-refractivity contribution in [1.29, 1.82) is 0 Å². The summed E-state index contributed by atoms with van der Waals surface area (Å²) in [5.74, 6) is 0.505. The van der Waals surface area contributed by atoms with E-state index in [2.05, 4.69) is 0 Å². The van der Waals surface area contributed by atoms with Crippen LogP contribution in [0.4, 0.5) is 13.2 Å². The Morgan fingerprint density at radius 1 is 1.33 bits per heavy atom. The summed E-state index contributed by atoms with van der Waals surface area (Å²) in [5, 5.41) is 0. The Balaban J connectivity index is 2.88. The third kappa shape index (κ3) is 3.55. The van der Waals surface area contributed by atoms with Crippen LogP contribution in [0.25, 0.3) is 0 Å². The van der Waals surface area contributed by atoms with E-state index < -0.39 is 11.7 Å². The van der Waals surface area contributed by atoms with Crippen molar-refractivity contribution in [3.8, 4) is 5.75 Å². The lowest BCUT2D eigenvalue weighted by Gasteiger charge is -2.10. The van der Waals surface area contributed by atoms with Crippen LogP contribution in [0.3, 0.4) is 0 Å². The van der Waals surface area contributed by atoms with Gasteiger partial charge in [-0.3, -0.25) is 0 Å². The molecular formula is C10H10F3IO. The van der Waals surface area contributed by atoms with E-state index in [9.17, 15) is 13.2 Å². The van der Waals surface area contributed by atoms with Gasteiger partial charge in [0.2, 0.25) is 0 Å². The molecule has 5 heteroatoms. The van der Waals surface area contributed by atoms with Gasteiger partial charge in [-0.25, -0.2) is 0 Å². The van der Waals surface area contributed by atoms with Gasteiger partial charge in [0.1, 0.15) is 5.75 Å². The van der Waals surface area contributed by atoms with Crippen LogP contribution in [-0.2, 0) is 6.18 Å². The third-order valence-electron chi connectivity index (χ3n) is 1.72. The van der Waals surface area contributed by atoms with Gasteiger partial charge in [0.25, 0.3) is 0 Å². The van der Waals surface area contributed by atoms with Gasteiger partial charge in [0.15, 0.2) is 0 Å². The Hall–Kier alpha value is -0.460. The molecule has 0 spiro atoms. The predicted octanol–water partition coefficient (Wildman–Crippen LogP) is 4.10. The normalized spacial score (nSPS) is 11.5. The van der Waals surface area contributed by atoms with E-state index in [0.29, 0.717) is 15.9 Å². The molecule has 0 radical (unpaired) electrons. The first-order valence-electron chi connectivity index (χ1n) is 4.44. The zero-order valence-corrected chi connectivity index (χ0v) is 10.2. The molecule has 15 heavy (non-hydrogen) atoms. The first-order valence-corrected chi connectivity index (χ1v) is 5.52. The van der Waals surface area contributed by atoms with Crippen LogP contribution >= 0.6 is 22.6 Å². The summed E-state index contributed by atoms with van der Waals surface area (Å²) in [6, 6.07) is 3.49. The Labute approximate surface area is 99.8 Å². The number of hydrogen-bond acceptors (Lipinski definition) is 1. The SMILES string of the molecule is CCCOc1ccc(C(F)(F)F)cc1I. The Kier molecular flexibility index (Phi) is 4.24. The predicted molar refractivity (Wildman–Crippen MR) is 59.9 cm³/mol. The highest BCUT2D eigenvalue weighted by molar-refractivity contribution is 14.1. The van der Waals surface area contributed by atoms with Crippen LogP contribution in [0, 0.1) is 3.57 Å². The second-order valence-electron chi connectivity index (χ2n) is 2.99. The second-order valence-corrected chi connectivity index (χ2v) is 4.15. The van der Waals surface area contributed by atoms with Crippen molar-refractivity contribution in [3.05, 3.63) is 27.3 Å². The highest BCUT2D eigenvalue weighted by atomic mass is 127. The maximum absolute atomic E-state index is 12.3. The van der Waals surface area contributed by atoms with Gasteiger partial charge in [-0.1, -0.05) is 6.92 Å². The molecule has 0 saturated heterocycles. The second kappa shape index (κ2) is 5.05. The number of benzene rings is 1. The number of halogens is 4. The summed E-state index contributed by atoms with van der Waals surface area (Å²) in [6.07, 6.45) is -3.46. The highest BCUT2D eigenvalue weighted by Crippen LogP contribution is 2.33. The minimum absolute atomic E-state index is 0.482. The standard InChI is InChI=1S/C10H10F3IO/c1-2-5-15-9-4-3-7(6-8(9)14)10(11,12)13/h3-4,6H,2,5H2,1H3. The van der Waals surface area contributed by atoms with Gasteiger partial charge in [0.05, 0.1) is 15.7 Å². The lowest BCUT2D eigenvalue weighted by molar-refractivity contribution is -0.137. The quantitative estimate of drug-likeness (QED) is 0.759. The van der Waals surface area contributed by atoms with E-state index in [0.717, 1.165) is 18.6 Å². The molecule has 0 aliphatic rings. The molecule has 1 rings (SSSR count). The smallest absolute Gasteiger partial charge is 0.416 e. The molecule has 0 fully saturated rings. The Morgan fingerprint density at radius 2 is 2.00 bits per heavy atom. The molecule has 0 bridgehead atoms. The van der Waals surface area contributed by atoms with Gasteiger partial charge in [-0.15, -0.1) is 0 Å². The molecule has 0 aliphatic heterocycles. The van der Waals surface area contributed by atoms with Gasteiger partial charge in [-0.05, 0) is 47.2 Å². The van der Waals surface area contributed by atoms with Gasteiger partial charge < -0.3 is 4.74 Å². The van der Waals surface area contributed by atoms with Crippen LogP contribution in [0.1, 0.15) is 18.9 Å².